The summed E-state index contributed by atoms with van der Waals surface area (Å²) in [7, 11) is -4.04. The fraction of sp³-hybridized carbons (Fsp3) is 0.880. The maximum atomic E-state index is 12.3. The summed E-state index contributed by atoms with van der Waals surface area (Å²) in [5.41, 5.74) is 0. The van der Waals surface area contributed by atoms with Crippen molar-refractivity contribution in [1.29, 1.82) is 0 Å². The van der Waals surface area contributed by atoms with Crippen LogP contribution < -0.4 is 0 Å². The van der Waals surface area contributed by atoms with Gasteiger partial charge in [-0.15, -0.1) is 0 Å². The molecular formula is C25H48N2O3S. The Balaban J connectivity index is 2.88. The molecule has 5 nitrogen and oxygen atoms in total. The van der Waals surface area contributed by atoms with Gasteiger partial charge in [0, 0.05) is 18.9 Å². The average Bonchev–Trinajstić information content (AvgIpc) is 3.24. The van der Waals surface area contributed by atoms with Crippen molar-refractivity contribution < 1.29 is 13.0 Å². The van der Waals surface area contributed by atoms with Crippen LogP contribution in [-0.2, 0) is 16.7 Å². The van der Waals surface area contributed by atoms with E-state index in [1.807, 2.05) is 10.8 Å². The molecule has 0 aromatic carbocycles. The van der Waals surface area contributed by atoms with E-state index in [-0.39, 0.29) is 0 Å². The average molecular weight is 457 g/mol. The third kappa shape index (κ3) is 11.0. The van der Waals surface area contributed by atoms with E-state index in [4.69, 9.17) is 0 Å². The zero-order valence-electron chi connectivity index (χ0n) is 20.5. The van der Waals surface area contributed by atoms with E-state index in [9.17, 15) is 13.0 Å². The highest BCUT2D eigenvalue weighted by Crippen LogP contribution is 2.39. The van der Waals surface area contributed by atoms with Crippen molar-refractivity contribution >= 4 is 10.1 Å². The molecule has 1 aromatic rings. The predicted molar refractivity (Wildman–Crippen MR) is 131 cm³/mol. The van der Waals surface area contributed by atoms with Gasteiger partial charge in [0.2, 0.25) is 0 Å². The SMILES string of the molecule is CCCCC(CCC)C(CCC)C(CCC)CC(CCCCn1ccnc1)S(=O)(=O)O. The topological polar surface area (TPSA) is 72.2 Å². The van der Waals surface area contributed by atoms with Crippen molar-refractivity contribution in [3.8, 4) is 0 Å². The molecule has 0 radical (unpaired) electrons. The van der Waals surface area contributed by atoms with Crippen LogP contribution in [0.2, 0.25) is 0 Å². The van der Waals surface area contributed by atoms with Crippen molar-refractivity contribution in [3.05, 3.63) is 18.7 Å². The maximum absolute atomic E-state index is 12.3. The molecule has 4 atom stereocenters. The summed E-state index contributed by atoms with van der Waals surface area (Å²) in [6.45, 7) is 9.79. The molecule has 1 aromatic heterocycles. The first-order valence-electron chi connectivity index (χ1n) is 12.8. The molecule has 6 heteroatoms. The minimum atomic E-state index is -4.04. The number of imidazole rings is 1. The highest BCUT2D eigenvalue weighted by atomic mass is 32.2. The fourth-order valence-electron chi connectivity index (χ4n) is 5.29. The summed E-state index contributed by atoms with van der Waals surface area (Å²) in [5.74, 6) is 1.61. The van der Waals surface area contributed by atoms with Crippen LogP contribution in [0.25, 0.3) is 0 Å². The second-order valence-electron chi connectivity index (χ2n) is 9.36. The first-order valence-corrected chi connectivity index (χ1v) is 14.3. The van der Waals surface area contributed by atoms with Gasteiger partial charge in [0.05, 0.1) is 11.6 Å². The van der Waals surface area contributed by atoms with Gasteiger partial charge in [0.1, 0.15) is 0 Å². The lowest BCUT2D eigenvalue weighted by Gasteiger charge is -2.35. The van der Waals surface area contributed by atoms with Crippen LogP contribution in [0.3, 0.4) is 0 Å². The fourth-order valence-corrected chi connectivity index (χ4v) is 6.24. The zero-order chi connectivity index (χ0) is 23.1. The quantitative estimate of drug-likeness (QED) is 0.177. The minimum absolute atomic E-state index is 0.374. The highest BCUT2D eigenvalue weighted by Gasteiger charge is 2.33. The number of rotatable bonds is 19. The second kappa shape index (κ2) is 15.8. The standard InChI is InChI=1S/C25H48N2O3S/c1-5-9-15-22(12-6-2)25(14-8-4)23(13-7-3)20-24(31(28,29)30)16-10-11-18-27-19-17-26-21-27/h17,19,21-25H,5-16,18,20H2,1-4H3,(H,28,29,30). The molecule has 182 valence electrons. The van der Waals surface area contributed by atoms with Gasteiger partial charge >= 0.3 is 0 Å². The molecule has 0 fully saturated rings. The number of aryl methyl sites for hydroxylation is 1. The van der Waals surface area contributed by atoms with E-state index in [0.29, 0.717) is 30.6 Å². The lowest BCUT2D eigenvalue weighted by molar-refractivity contribution is 0.163. The van der Waals surface area contributed by atoms with Gasteiger partial charge in [0.15, 0.2) is 0 Å². The molecule has 0 amide bonds. The predicted octanol–water partition coefficient (Wildman–Crippen LogP) is 7.14. The summed E-state index contributed by atoms with van der Waals surface area (Å²) in [4.78, 5) is 4.05. The Morgan fingerprint density at radius 3 is 2.06 bits per heavy atom. The largest absolute Gasteiger partial charge is 0.337 e. The number of unbranched alkanes of at least 4 members (excludes halogenated alkanes) is 2. The summed E-state index contributed by atoms with van der Waals surface area (Å²) in [6.07, 6.45) is 18.9. The molecule has 4 unspecified atom stereocenters. The number of aromatic nitrogens is 2. The van der Waals surface area contributed by atoms with Gasteiger partial charge in [-0.25, -0.2) is 4.98 Å². The molecule has 0 bridgehead atoms. The number of hydrogen-bond donors (Lipinski definition) is 1. The van der Waals surface area contributed by atoms with Gasteiger partial charge in [-0.3, -0.25) is 4.55 Å². The molecule has 0 aliphatic rings. The van der Waals surface area contributed by atoms with E-state index in [1.54, 1.807) is 12.5 Å². The van der Waals surface area contributed by atoms with Crippen LogP contribution in [0.5, 0.6) is 0 Å². The van der Waals surface area contributed by atoms with E-state index in [1.165, 1.54) is 32.1 Å². The molecule has 0 spiro atoms. The lowest BCUT2D eigenvalue weighted by atomic mass is 9.71. The Morgan fingerprint density at radius 1 is 0.839 bits per heavy atom. The maximum Gasteiger partial charge on any atom is 0.267 e. The van der Waals surface area contributed by atoms with Crippen LogP contribution in [0.4, 0.5) is 0 Å². The molecule has 0 aliphatic heterocycles. The van der Waals surface area contributed by atoms with Crippen LogP contribution in [0.1, 0.15) is 111 Å². The van der Waals surface area contributed by atoms with Crippen molar-refractivity contribution in [3.63, 3.8) is 0 Å². The van der Waals surface area contributed by atoms with E-state index in [2.05, 4.69) is 32.7 Å². The monoisotopic (exact) mass is 456 g/mol. The zero-order valence-corrected chi connectivity index (χ0v) is 21.3. The Hall–Kier alpha value is -0.880. The molecule has 31 heavy (non-hydrogen) atoms. The molecular weight excluding hydrogens is 408 g/mol. The van der Waals surface area contributed by atoms with Crippen molar-refractivity contribution in [2.45, 2.75) is 123 Å². The van der Waals surface area contributed by atoms with E-state index in [0.717, 1.165) is 45.1 Å². The van der Waals surface area contributed by atoms with Crippen LogP contribution in [-0.4, -0.2) is 27.8 Å². The Bertz CT molecular complexity index is 646. The summed E-state index contributed by atoms with van der Waals surface area (Å²) >= 11 is 0. The number of nitrogens with zero attached hydrogens (tertiary/aromatic N) is 2. The van der Waals surface area contributed by atoms with Crippen LogP contribution >= 0.6 is 0 Å². The van der Waals surface area contributed by atoms with Gasteiger partial charge in [-0.1, -0.05) is 91.9 Å². The van der Waals surface area contributed by atoms with Gasteiger partial charge in [-0.2, -0.15) is 8.42 Å². The molecule has 1 rings (SSSR count). The Kier molecular flexibility index (Phi) is 14.4. The first-order chi connectivity index (χ1) is 14.9. The summed E-state index contributed by atoms with van der Waals surface area (Å²) in [6, 6.07) is 0. The van der Waals surface area contributed by atoms with Gasteiger partial charge in [-0.05, 0) is 37.0 Å². The Morgan fingerprint density at radius 2 is 1.52 bits per heavy atom. The highest BCUT2D eigenvalue weighted by molar-refractivity contribution is 7.86. The van der Waals surface area contributed by atoms with E-state index >= 15 is 0 Å². The Labute approximate surface area is 192 Å². The summed E-state index contributed by atoms with van der Waals surface area (Å²) in [5, 5.41) is -0.639. The third-order valence-corrected chi connectivity index (χ3v) is 8.09. The first kappa shape index (κ1) is 28.2. The molecule has 0 saturated heterocycles. The van der Waals surface area contributed by atoms with Gasteiger partial charge in [0.25, 0.3) is 10.1 Å². The number of hydrogen-bond acceptors (Lipinski definition) is 3. The lowest BCUT2D eigenvalue weighted by Crippen LogP contribution is -2.31. The summed E-state index contributed by atoms with van der Waals surface area (Å²) < 4.78 is 36.6. The van der Waals surface area contributed by atoms with Crippen molar-refractivity contribution in [2.24, 2.45) is 17.8 Å². The normalized spacial score (nSPS) is 16.2. The third-order valence-electron chi connectivity index (χ3n) is 6.82. The molecule has 1 heterocycles. The second-order valence-corrected chi connectivity index (χ2v) is 11.1. The smallest absolute Gasteiger partial charge is 0.267 e. The minimum Gasteiger partial charge on any atom is -0.337 e. The molecule has 0 aliphatic carbocycles. The van der Waals surface area contributed by atoms with Crippen molar-refractivity contribution in [1.82, 2.24) is 9.55 Å². The van der Waals surface area contributed by atoms with Gasteiger partial charge < -0.3 is 4.57 Å². The van der Waals surface area contributed by atoms with E-state index < -0.39 is 15.4 Å². The van der Waals surface area contributed by atoms with Crippen LogP contribution in [0.15, 0.2) is 18.7 Å². The molecule has 0 saturated carbocycles. The van der Waals surface area contributed by atoms with Crippen molar-refractivity contribution in [2.75, 3.05) is 0 Å². The molecule has 1 N–H and O–H groups in total. The van der Waals surface area contributed by atoms with Crippen LogP contribution in [0, 0.1) is 17.8 Å².